The fourth-order valence-electron chi connectivity index (χ4n) is 2.94. The van der Waals surface area contributed by atoms with Crippen LogP contribution in [0.3, 0.4) is 0 Å². The van der Waals surface area contributed by atoms with Crippen molar-refractivity contribution in [2.45, 2.75) is 32.1 Å². The Morgan fingerprint density at radius 3 is 2.41 bits per heavy atom. The number of para-hydroxylation sites is 1. The van der Waals surface area contributed by atoms with Crippen LogP contribution in [-0.2, 0) is 10.0 Å². The average Bonchev–Trinajstić information content (AvgIpc) is 2.63. The van der Waals surface area contributed by atoms with Crippen LogP contribution < -0.4 is 15.4 Å². The van der Waals surface area contributed by atoms with Crippen molar-refractivity contribution in [2.75, 3.05) is 24.5 Å². The minimum Gasteiger partial charge on any atom is -0.372 e. The molecule has 146 valence electrons. The fraction of sp³-hybridized carbons (Fsp3) is 0.350. The van der Waals surface area contributed by atoms with E-state index in [9.17, 15) is 13.2 Å². The van der Waals surface area contributed by atoms with E-state index >= 15 is 0 Å². The standard InChI is InChI=1S/C20H27N3O3S/c1-4-23(18-9-6-5-7-10-18)12-8-11-22-20(24)17-13-15(2)16(3)19(14-17)27(21,25)26/h5-7,9-10,13-14H,4,8,11-12H2,1-3H3,(H,22,24)(H2,21,25,26). The molecule has 2 aromatic carbocycles. The van der Waals surface area contributed by atoms with Crippen LogP contribution in [0, 0.1) is 13.8 Å². The summed E-state index contributed by atoms with van der Waals surface area (Å²) >= 11 is 0. The van der Waals surface area contributed by atoms with Gasteiger partial charge in [0.05, 0.1) is 4.90 Å². The quantitative estimate of drug-likeness (QED) is 0.679. The molecule has 0 aliphatic carbocycles. The smallest absolute Gasteiger partial charge is 0.251 e. The zero-order valence-electron chi connectivity index (χ0n) is 16.0. The molecule has 27 heavy (non-hydrogen) atoms. The molecule has 0 unspecified atom stereocenters. The van der Waals surface area contributed by atoms with Crippen molar-refractivity contribution in [3.63, 3.8) is 0 Å². The number of amides is 1. The van der Waals surface area contributed by atoms with Crippen molar-refractivity contribution >= 4 is 21.6 Å². The van der Waals surface area contributed by atoms with Gasteiger partial charge in [0.1, 0.15) is 0 Å². The molecule has 1 amide bonds. The van der Waals surface area contributed by atoms with Gasteiger partial charge in [-0.15, -0.1) is 0 Å². The first kappa shape index (κ1) is 20.9. The molecule has 0 radical (unpaired) electrons. The Labute approximate surface area is 161 Å². The number of carbonyl (C=O) groups excluding carboxylic acids is 1. The Bertz CT molecular complexity index is 896. The maximum Gasteiger partial charge on any atom is 0.251 e. The Balaban J connectivity index is 1.97. The van der Waals surface area contributed by atoms with Gasteiger partial charge >= 0.3 is 0 Å². The first-order valence-electron chi connectivity index (χ1n) is 8.96. The van der Waals surface area contributed by atoms with E-state index in [1.807, 2.05) is 18.2 Å². The van der Waals surface area contributed by atoms with Gasteiger partial charge in [0.15, 0.2) is 0 Å². The second-order valence-corrected chi connectivity index (χ2v) is 8.02. The van der Waals surface area contributed by atoms with Crippen LogP contribution in [0.4, 0.5) is 5.69 Å². The van der Waals surface area contributed by atoms with Gasteiger partial charge in [-0.2, -0.15) is 0 Å². The molecule has 0 aliphatic rings. The summed E-state index contributed by atoms with van der Waals surface area (Å²) in [5.41, 5.74) is 2.74. The Morgan fingerprint density at radius 2 is 1.81 bits per heavy atom. The Kier molecular flexibility index (Phi) is 6.98. The summed E-state index contributed by atoms with van der Waals surface area (Å²) in [5, 5.41) is 8.11. The Hall–Kier alpha value is -2.38. The molecule has 0 bridgehead atoms. The molecule has 0 aliphatic heterocycles. The third kappa shape index (κ3) is 5.55. The fourth-order valence-corrected chi connectivity index (χ4v) is 3.82. The van der Waals surface area contributed by atoms with Crippen LogP contribution in [-0.4, -0.2) is 34.0 Å². The van der Waals surface area contributed by atoms with Crippen molar-refractivity contribution in [1.82, 2.24) is 5.32 Å². The molecule has 2 rings (SSSR count). The number of nitrogens with zero attached hydrogens (tertiary/aromatic N) is 1. The predicted molar refractivity (Wildman–Crippen MR) is 109 cm³/mol. The summed E-state index contributed by atoms with van der Waals surface area (Å²) in [6.45, 7) is 7.73. The number of aryl methyl sites for hydroxylation is 1. The van der Waals surface area contributed by atoms with Crippen LogP contribution in [0.25, 0.3) is 0 Å². The molecular formula is C20H27N3O3S. The highest BCUT2D eigenvalue weighted by Crippen LogP contribution is 2.20. The van der Waals surface area contributed by atoms with E-state index < -0.39 is 10.0 Å². The van der Waals surface area contributed by atoms with Crippen LogP contribution in [0.15, 0.2) is 47.4 Å². The van der Waals surface area contributed by atoms with Gasteiger partial charge in [0.2, 0.25) is 10.0 Å². The normalized spacial score (nSPS) is 11.3. The molecule has 0 saturated heterocycles. The third-order valence-electron chi connectivity index (χ3n) is 4.58. The monoisotopic (exact) mass is 389 g/mol. The van der Waals surface area contributed by atoms with E-state index in [1.54, 1.807) is 19.9 Å². The van der Waals surface area contributed by atoms with Crippen molar-refractivity contribution < 1.29 is 13.2 Å². The summed E-state index contributed by atoms with van der Waals surface area (Å²) in [6, 6.07) is 13.1. The van der Waals surface area contributed by atoms with Gasteiger partial charge in [-0.25, -0.2) is 13.6 Å². The van der Waals surface area contributed by atoms with Crippen LogP contribution in [0.5, 0.6) is 0 Å². The highest BCUT2D eigenvalue weighted by Gasteiger charge is 2.17. The van der Waals surface area contributed by atoms with Gasteiger partial charge in [0, 0.05) is 30.9 Å². The lowest BCUT2D eigenvalue weighted by atomic mass is 10.1. The summed E-state index contributed by atoms with van der Waals surface area (Å²) in [7, 11) is -3.87. The van der Waals surface area contributed by atoms with Gasteiger partial charge in [-0.3, -0.25) is 4.79 Å². The second-order valence-electron chi connectivity index (χ2n) is 6.49. The molecule has 0 spiro atoms. The number of primary sulfonamides is 1. The molecule has 0 atom stereocenters. The van der Waals surface area contributed by atoms with Crippen molar-refractivity contribution in [3.05, 3.63) is 59.2 Å². The first-order valence-corrected chi connectivity index (χ1v) is 10.5. The first-order chi connectivity index (χ1) is 12.7. The number of hydrogen-bond acceptors (Lipinski definition) is 4. The lowest BCUT2D eigenvalue weighted by Crippen LogP contribution is -2.30. The van der Waals surface area contributed by atoms with Gasteiger partial charge in [-0.1, -0.05) is 18.2 Å². The number of hydrogen-bond donors (Lipinski definition) is 2. The van der Waals surface area contributed by atoms with Crippen LogP contribution >= 0.6 is 0 Å². The molecule has 0 aromatic heterocycles. The van der Waals surface area contributed by atoms with Crippen molar-refractivity contribution in [3.8, 4) is 0 Å². The minimum atomic E-state index is -3.87. The zero-order chi connectivity index (χ0) is 20.0. The number of sulfonamides is 1. The summed E-state index contributed by atoms with van der Waals surface area (Å²) in [6.07, 6.45) is 0.779. The van der Waals surface area contributed by atoms with Crippen LogP contribution in [0.2, 0.25) is 0 Å². The lowest BCUT2D eigenvalue weighted by molar-refractivity contribution is 0.0953. The van der Waals surface area contributed by atoms with E-state index in [0.717, 1.165) is 25.2 Å². The summed E-state index contributed by atoms with van der Waals surface area (Å²) in [5.74, 6) is -0.300. The van der Waals surface area contributed by atoms with E-state index in [4.69, 9.17) is 5.14 Å². The minimum absolute atomic E-state index is 0.00566. The number of nitrogens with two attached hydrogens (primary N) is 1. The van der Waals surface area contributed by atoms with Gasteiger partial charge < -0.3 is 10.2 Å². The van der Waals surface area contributed by atoms with Gasteiger partial charge in [0.25, 0.3) is 5.91 Å². The van der Waals surface area contributed by atoms with Crippen molar-refractivity contribution in [1.29, 1.82) is 0 Å². The molecular weight excluding hydrogens is 362 g/mol. The SMILES string of the molecule is CCN(CCCNC(=O)c1cc(C)c(C)c(S(N)(=O)=O)c1)c1ccccc1. The maximum atomic E-state index is 12.4. The second kappa shape index (κ2) is 9.01. The molecule has 0 fully saturated rings. The number of anilines is 1. The van der Waals surface area contributed by atoms with E-state index in [1.165, 1.54) is 6.07 Å². The third-order valence-corrected chi connectivity index (χ3v) is 5.62. The molecule has 0 saturated carbocycles. The Morgan fingerprint density at radius 1 is 1.15 bits per heavy atom. The van der Waals surface area contributed by atoms with Crippen LogP contribution in [0.1, 0.15) is 34.8 Å². The van der Waals surface area contributed by atoms with E-state index in [0.29, 0.717) is 23.2 Å². The topological polar surface area (TPSA) is 92.5 Å². The molecule has 2 aromatic rings. The maximum absolute atomic E-state index is 12.4. The summed E-state index contributed by atoms with van der Waals surface area (Å²) in [4.78, 5) is 14.6. The summed E-state index contributed by atoms with van der Waals surface area (Å²) < 4.78 is 23.4. The molecule has 3 N–H and O–H groups in total. The molecule has 0 heterocycles. The number of carbonyl (C=O) groups is 1. The highest BCUT2D eigenvalue weighted by atomic mass is 32.2. The largest absolute Gasteiger partial charge is 0.372 e. The predicted octanol–water partition coefficient (Wildman–Crippen LogP) is 2.60. The van der Waals surface area contributed by atoms with Gasteiger partial charge in [-0.05, 0) is 62.6 Å². The molecule has 6 nitrogen and oxygen atoms in total. The number of rotatable bonds is 8. The number of nitrogens with one attached hydrogen (secondary N) is 1. The van der Waals surface area contributed by atoms with E-state index in [2.05, 4.69) is 29.3 Å². The highest BCUT2D eigenvalue weighted by molar-refractivity contribution is 7.89. The average molecular weight is 390 g/mol. The lowest BCUT2D eigenvalue weighted by Gasteiger charge is -2.23. The number of benzene rings is 2. The van der Waals surface area contributed by atoms with Crippen molar-refractivity contribution in [2.24, 2.45) is 5.14 Å². The zero-order valence-corrected chi connectivity index (χ0v) is 16.8. The molecule has 7 heteroatoms. The van der Waals surface area contributed by atoms with E-state index in [-0.39, 0.29) is 10.8 Å².